The van der Waals surface area contributed by atoms with Gasteiger partial charge in [0.05, 0.1) is 12.8 Å². The first-order valence-electron chi connectivity index (χ1n) is 9.43. The predicted octanol–water partition coefficient (Wildman–Crippen LogP) is 2.73. The number of halogens is 1. The molecule has 0 radical (unpaired) electrons. The Hall–Kier alpha value is -3.42. The highest BCUT2D eigenvalue weighted by Crippen LogP contribution is 2.26. The molecule has 0 unspecified atom stereocenters. The molecule has 2 heterocycles. The van der Waals surface area contributed by atoms with E-state index < -0.39 is 0 Å². The van der Waals surface area contributed by atoms with Gasteiger partial charge >= 0.3 is 5.69 Å². The third kappa shape index (κ3) is 3.91. The van der Waals surface area contributed by atoms with Crippen molar-refractivity contribution in [3.05, 3.63) is 76.2 Å². The van der Waals surface area contributed by atoms with E-state index in [4.69, 9.17) is 4.74 Å². The zero-order valence-corrected chi connectivity index (χ0v) is 16.0. The summed E-state index contributed by atoms with van der Waals surface area (Å²) in [6.07, 6.45) is 1.39. The molecule has 7 nitrogen and oxygen atoms in total. The van der Waals surface area contributed by atoms with E-state index in [1.807, 2.05) is 0 Å². The Morgan fingerprint density at radius 3 is 2.38 bits per heavy atom. The Bertz CT molecular complexity index is 1050. The maximum atomic E-state index is 13.1. The summed E-state index contributed by atoms with van der Waals surface area (Å²) in [4.78, 5) is 29.5. The summed E-state index contributed by atoms with van der Waals surface area (Å²) in [5.74, 6) is 0.923. The smallest absolute Gasteiger partial charge is 0.348 e. The highest BCUT2D eigenvalue weighted by molar-refractivity contribution is 5.94. The number of nitrogens with zero attached hydrogens (tertiary/aromatic N) is 3. The molecular formula is C21H21FN4O3. The zero-order chi connectivity index (χ0) is 20.4. The third-order valence-corrected chi connectivity index (χ3v) is 5.21. The lowest BCUT2D eigenvalue weighted by Gasteiger charge is -2.31. The van der Waals surface area contributed by atoms with E-state index in [0.29, 0.717) is 48.8 Å². The highest BCUT2D eigenvalue weighted by Gasteiger charge is 2.27. The summed E-state index contributed by atoms with van der Waals surface area (Å²) in [5, 5.41) is 4.46. The quantitative estimate of drug-likeness (QED) is 0.735. The van der Waals surface area contributed by atoms with Gasteiger partial charge in [-0.05, 0) is 61.4 Å². The number of methoxy groups -OCH3 is 1. The number of hydrogen-bond acceptors (Lipinski definition) is 4. The molecule has 29 heavy (non-hydrogen) atoms. The second-order valence-corrected chi connectivity index (χ2v) is 7.00. The number of benzene rings is 2. The molecule has 0 saturated carbocycles. The molecule has 1 saturated heterocycles. The Morgan fingerprint density at radius 2 is 1.76 bits per heavy atom. The van der Waals surface area contributed by atoms with Crippen LogP contribution in [0.3, 0.4) is 0 Å². The van der Waals surface area contributed by atoms with Gasteiger partial charge in [-0.1, -0.05) is 0 Å². The van der Waals surface area contributed by atoms with Gasteiger partial charge in [0.15, 0.2) is 0 Å². The number of nitrogens with one attached hydrogen (secondary N) is 1. The summed E-state index contributed by atoms with van der Waals surface area (Å²) in [6.45, 7) is 1.11. The normalized spacial score (nSPS) is 14.8. The van der Waals surface area contributed by atoms with E-state index >= 15 is 0 Å². The Balaban J connectivity index is 1.44. The average Bonchev–Trinajstić information content (AvgIpc) is 3.15. The van der Waals surface area contributed by atoms with Crippen molar-refractivity contribution in [2.45, 2.75) is 18.8 Å². The Labute approximate surface area is 166 Å². The number of rotatable bonds is 4. The van der Waals surface area contributed by atoms with Crippen molar-refractivity contribution < 1.29 is 13.9 Å². The highest BCUT2D eigenvalue weighted by atomic mass is 19.1. The van der Waals surface area contributed by atoms with Crippen LogP contribution in [0.15, 0.2) is 53.3 Å². The van der Waals surface area contributed by atoms with Crippen molar-refractivity contribution >= 4 is 5.91 Å². The molecule has 0 bridgehead atoms. The molecule has 4 rings (SSSR count). The lowest BCUT2D eigenvalue weighted by molar-refractivity contribution is 0.0711. The van der Waals surface area contributed by atoms with Gasteiger partial charge in [0.2, 0.25) is 0 Å². The van der Waals surface area contributed by atoms with E-state index in [1.165, 1.54) is 28.9 Å². The molecule has 8 heteroatoms. The number of ether oxygens (including phenoxy) is 1. The number of H-pyrrole nitrogens is 1. The van der Waals surface area contributed by atoms with Gasteiger partial charge in [0.1, 0.15) is 17.4 Å². The van der Waals surface area contributed by atoms with Crippen LogP contribution in [0.25, 0.3) is 5.69 Å². The van der Waals surface area contributed by atoms with Crippen molar-refractivity contribution in [1.29, 1.82) is 0 Å². The fourth-order valence-electron chi connectivity index (χ4n) is 3.55. The largest absolute Gasteiger partial charge is 0.497 e. The van der Waals surface area contributed by atoms with Crippen LogP contribution in [0, 0.1) is 5.82 Å². The van der Waals surface area contributed by atoms with Crippen LogP contribution in [0.1, 0.15) is 34.9 Å². The number of carbonyl (C=O) groups is 1. The maximum Gasteiger partial charge on any atom is 0.348 e. The monoisotopic (exact) mass is 396 g/mol. The van der Waals surface area contributed by atoms with Gasteiger partial charge in [0, 0.05) is 24.6 Å². The molecule has 1 fully saturated rings. The number of piperidine rings is 1. The Morgan fingerprint density at radius 1 is 1.10 bits per heavy atom. The van der Waals surface area contributed by atoms with Crippen molar-refractivity contribution in [1.82, 2.24) is 19.7 Å². The lowest BCUT2D eigenvalue weighted by Crippen LogP contribution is -2.38. The van der Waals surface area contributed by atoms with E-state index in [9.17, 15) is 14.0 Å². The van der Waals surface area contributed by atoms with E-state index in [2.05, 4.69) is 10.1 Å². The number of carbonyl (C=O) groups excluding carboxylic acids is 1. The minimum atomic E-state index is -0.364. The summed E-state index contributed by atoms with van der Waals surface area (Å²) in [6, 6.07) is 12.7. The van der Waals surface area contributed by atoms with Crippen molar-refractivity contribution in [3.8, 4) is 11.4 Å². The fourth-order valence-corrected chi connectivity index (χ4v) is 3.55. The number of likely N-dealkylation sites (tertiary alicyclic amines) is 1. The van der Waals surface area contributed by atoms with Crippen LogP contribution >= 0.6 is 0 Å². The zero-order valence-electron chi connectivity index (χ0n) is 16.0. The van der Waals surface area contributed by atoms with Crippen molar-refractivity contribution in [2.75, 3.05) is 20.2 Å². The minimum absolute atomic E-state index is 0.0690. The van der Waals surface area contributed by atoms with Gasteiger partial charge < -0.3 is 9.64 Å². The molecular weight excluding hydrogens is 375 g/mol. The van der Waals surface area contributed by atoms with Crippen LogP contribution in [-0.4, -0.2) is 45.8 Å². The van der Waals surface area contributed by atoms with Crippen LogP contribution < -0.4 is 10.4 Å². The van der Waals surface area contributed by atoms with Gasteiger partial charge in [-0.15, -0.1) is 5.10 Å². The van der Waals surface area contributed by atoms with E-state index in [1.54, 1.807) is 36.3 Å². The molecule has 0 spiro atoms. The summed E-state index contributed by atoms with van der Waals surface area (Å²) in [5.41, 5.74) is 0.833. The first-order valence-corrected chi connectivity index (χ1v) is 9.43. The van der Waals surface area contributed by atoms with Crippen LogP contribution in [-0.2, 0) is 0 Å². The topological polar surface area (TPSA) is 80.2 Å². The van der Waals surface area contributed by atoms with Gasteiger partial charge in [-0.2, -0.15) is 4.68 Å². The molecule has 1 aliphatic rings. The average molecular weight is 396 g/mol. The summed E-state index contributed by atoms with van der Waals surface area (Å²) in [7, 11) is 1.58. The molecule has 1 amide bonds. The minimum Gasteiger partial charge on any atom is -0.497 e. The SMILES string of the molecule is COc1ccc(-n2nc(C3CCN(C(=O)c4ccc(F)cc4)CC3)[nH]c2=O)cc1. The summed E-state index contributed by atoms with van der Waals surface area (Å²) < 4.78 is 19.5. The second-order valence-electron chi connectivity index (χ2n) is 7.00. The van der Waals surface area contributed by atoms with Gasteiger partial charge in [-0.3, -0.25) is 9.78 Å². The molecule has 2 aromatic carbocycles. The van der Waals surface area contributed by atoms with Crippen LogP contribution in [0.5, 0.6) is 5.75 Å². The van der Waals surface area contributed by atoms with Crippen LogP contribution in [0.2, 0.25) is 0 Å². The summed E-state index contributed by atoms with van der Waals surface area (Å²) >= 11 is 0. The van der Waals surface area contributed by atoms with Crippen molar-refractivity contribution in [3.63, 3.8) is 0 Å². The van der Waals surface area contributed by atoms with E-state index in [-0.39, 0.29) is 23.3 Å². The fraction of sp³-hybridized carbons (Fsp3) is 0.286. The number of hydrogen-bond donors (Lipinski definition) is 1. The van der Waals surface area contributed by atoms with Crippen molar-refractivity contribution in [2.24, 2.45) is 0 Å². The molecule has 1 N–H and O–H groups in total. The number of aromatic amines is 1. The Kier molecular flexibility index (Phi) is 5.16. The molecule has 1 aromatic heterocycles. The number of aromatic nitrogens is 3. The molecule has 0 aliphatic carbocycles. The van der Waals surface area contributed by atoms with Gasteiger partial charge in [0.25, 0.3) is 5.91 Å². The standard InChI is InChI=1S/C21H21FN4O3/c1-29-18-8-6-17(7-9-18)26-21(28)23-19(24-26)14-10-12-25(13-11-14)20(27)15-2-4-16(22)5-3-15/h2-9,14H,10-13H2,1H3,(H,23,24,28). The molecule has 3 aromatic rings. The first-order chi connectivity index (χ1) is 14.0. The first kappa shape index (κ1) is 18.9. The third-order valence-electron chi connectivity index (χ3n) is 5.21. The molecule has 0 atom stereocenters. The predicted molar refractivity (Wildman–Crippen MR) is 105 cm³/mol. The molecule has 150 valence electrons. The van der Waals surface area contributed by atoms with E-state index in [0.717, 1.165) is 0 Å². The van der Waals surface area contributed by atoms with Gasteiger partial charge in [-0.25, -0.2) is 9.18 Å². The van der Waals surface area contributed by atoms with Crippen LogP contribution in [0.4, 0.5) is 4.39 Å². The molecule has 1 aliphatic heterocycles. The maximum absolute atomic E-state index is 13.1. The lowest BCUT2D eigenvalue weighted by atomic mass is 9.95. The number of amides is 1. The second kappa shape index (κ2) is 7.90.